The Hall–Kier alpha value is -1.53. The summed E-state index contributed by atoms with van der Waals surface area (Å²) in [5, 5.41) is 3.58. The third kappa shape index (κ3) is 6.83. The summed E-state index contributed by atoms with van der Waals surface area (Å²) in [6, 6.07) is 3.54. The molecule has 7 heteroatoms. The molecule has 0 fully saturated rings. The van der Waals surface area contributed by atoms with Crippen molar-refractivity contribution in [2.24, 2.45) is 10.7 Å². The molecule has 3 N–H and O–H groups in total. The maximum atomic E-state index is 5.71. The third-order valence-electron chi connectivity index (χ3n) is 2.13. The normalized spacial score (nSPS) is 13.1. The summed E-state index contributed by atoms with van der Waals surface area (Å²) in [6.45, 7) is 3.37. The number of aromatic nitrogens is 1. The number of aliphatic imine (C=N–C) groups is 1. The fraction of sp³-hybridized carbons (Fsp3) is 0.500. The molecular weight excluding hydrogens is 268 g/mol. The zero-order valence-corrected chi connectivity index (χ0v) is 11.9. The lowest BCUT2D eigenvalue weighted by Crippen LogP contribution is -2.40. The second kappa shape index (κ2) is 8.55. The lowest BCUT2D eigenvalue weighted by atomic mass is 10.4. The van der Waals surface area contributed by atoms with Crippen LogP contribution in [-0.4, -0.2) is 43.9 Å². The Labute approximate surface area is 118 Å². The highest BCUT2D eigenvalue weighted by molar-refractivity contribution is 6.30. The van der Waals surface area contributed by atoms with Gasteiger partial charge in [-0.2, -0.15) is 0 Å². The van der Waals surface area contributed by atoms with Crippen molar-refractivity contribution < 1.29 is 9.47 Å². The fourth-order valence-electron chi connectivity index (χ4n) is 1.35. The van der Waals surface area contributed by atoms with E-state index in [2.05, 4.69) is 15.3 Å². The Morgan fingerprint density at radius 3 is 3.00 bits per heavy atom. The molecular formula is C12H19ClN4O2. The first kappa shape index (κ1) is 15.5. The summed E-state index contributed by atoms with van der Waals surface area (Å²) in [4.78, 5) is 8.13. The Balaban J connectivity index is 2.23. The molecule has 0 radical (unpaired) electrons. The lowest BCUT2D eigenvalue weighted by molar-refractivity contribution is 0.179. The Morgan fingerprint density at radius 1 is 1.58 bits per heavy atom. The van der Waals surface area contributed by atoms with Gasteiger partial charge in [0.1, 0.15) is 6.61 Å². The van der Waals surface area contributed by atoms with Gasteiger partial charge in [0.05, 0.1) is 18.2 Å². The number of hydrogen-bond donors (Lipinski definition) is 2. The number of nitrogens with zero attached hydrogens (tertiary/aromatic N) is 2. The molecule has 1 aromatic heterocycles. The minimum absolute atomic E-state index is 0.118. The summed E-state index contributed by atoms with van der Waals surface area (Å²) in [6.07, 6.45) is 1.53. The van der Waals surface area contributed by atoms with Crippen LogP contribution in [0.2, 0.25) is 5.02 Å². The van der Waals surface area contributed by atoms with Crippen molar-refractivity contribution in [3.8, 4) is 5.88 Å². The largest absolute Gasteiger partial charge is 0.476 e. The zero-order valence-electron chi connectivity index (χ0n) is 11.1. The van der Waals surface area contributed by atoms with Crippen LogP contribution in [0, 0.1) is 0 Å². The number of hydrogen-bond acceptors (Lipinski definition) is 4. The molecule has 0 aliphatic heterocycles. The van der Waals surface area contributed by atoms with Gasteiger partial charge in [-0.15, -0.1) is 0 Å². The minimum atomic E-state index is 0.118. The number of nitrogens with one attached hydrogen (secondary N) is 1. The first-order valence-electron chi connectivity index (χ1n) is 5.91. The Morgan fingerprint density at radius 2 is 2.37 bits per heavy atom. The Bertz CT molecular complexity index is 397. The number of halogens is 1. The standard InChI is InChI=1S/C12H19ClN4O2/c1-9(8-18-2)17-12(14)15-5-6-19-11-4-3-10(13)7-16-11/h3-4,7,9H,5-6,8H2,1-2H3,(H3,14,15,17). The highest BCUT2D eigenvalue weighted by atomic mass is 35.5. The van der Waals surface area contributed by atoms with Crippen molar-refractivity contribution in [2.75, 3.05) is 26.9 Å². The highest BCUT2D eigenvalue weighted by Crippen LogP contribution is 2.10. The fourth-order valence-corrected chi connectivity index (χ4v) is 1.47. The number of methoxy groups -OCH3 is 1. The SMILES string of the molecule is COCC(C)NC(N)=NCCOc1ccc(Cl)cn1. The Kier molecular flexibility index (Phi) is 6.99. The van der Waals surface area contributed by atoms with Gasteiger partial charge in [-0.05, 0) is 13.0 Å². The van der Waals surface area contributed by atoms with Crippen LogP contribution in [0.1, 0.15) is 6.92 Å². The van der Waals surface area contributed by atoms with E-state index in [9.17, 15) is 0 Å². The minimum Gasteiger partial charge on any atom is -0.476 e. The molecule has 1 atom stereocenters. The molecule has 0 aliphatic rings. The summed E-state index contributed by atoms with van der Waals surface area (Å²) >= 11 is 5.71. The predicted octanol–water partition coefficient (Wildman–Crippen LogP) is 1.05. The van der Waals surface area contributed by atoms with Gasteiger partial charge in [0.15, 0.2) is 5.96 Å². The molecule has 0 amide bonds. The molecule has 106 valence electrons. The number of ether oxygens (including phenoxy) is 2. The van der Waals surface area contributed by atoms with Crippen LogP contribution < -0.4 is 15.8 Å². The predicted molar refractivity (Wildman–Crippen MR) is 75.7 cm³/mol. The van der Waals surface area contributed by atoms with Crippen LogP contribution in [0.3, 0.4) is 0 Å². The maximum absolute atomic E-state index is 5.71. The number of rotatable bonds is 7. The van der Waals surface area contributed by atoms with Crippen LogP contribution in [0.5, 0.6) is 5.88 Å². The van der Waals surface area contributed by atoms with E-state index >= 15 is 0 Å². The molecule has 0 saturated heterocycles. The van der Waals surface area contributed by atoms with E-state index in [4.69, 9.17) is 26.8 Å². The molecule has 6 nitrogen and oxygen atoms in total. The average Bonchev–Trinajstić information content (AvgIpc) is 2.37. The number of guanidine groups is 1. The molecule has 0 spiro atoms. The van der Waals surface area contributed by atoms with Gasteiger partial charge < -0.3 is 20.5 Å². The maximum Gasteiger partial charge on any atom is 0.213 e. The molecule has 0 bridgehead atoms. The van der Waals surface area contributed by atoms with Gasteiger partial charge in [0, 0.05) is 25.4 Å². The molecule has 19 heavy (non-hydrogen) atoms. The summed E-state index contributed by atoms with van der Waals surface area (Å²) in [7, 11) is 1.64. The third-order valence-corrected chi connectivity index (χ3v) is 2.36. The summed E-state index contributed by atoms with van der Waals surface area (Å²) in [5.41, 5.74) is 5.70. The second-order valence-electron chi connectivity index (χ2n) is 3.93. The summed E-state index contributed by atoms with van der Waals surface area (Å²) in [5.74, 6) is 0.885. The number of pyridine rings is 1. The van der Waals surface area contributed by atoms with Gasteiger partial charge in [0.25, 0.3) is 0 Å². The molecule has 1 unspecified atom stereocenters. The van der Waals surface area contributed by atoms with E-state index in [-0.39, 0.29) is 6.04 Å². The first-order chi connectivity index (χ1) is 9.11. The first-order valence-corrected chi connectivity index (χ1v) is 6.29. The molecule has 1 rings (SSSR count). The second-order valence-corrected chi connectivity index (χ2v) is 4.37. The van der Waals surface area contributed by atoms with E-state index in [1.807, 2.05) is 6.92 Å². The van der Waals surface area contributed by atoms with Gasteiger partial charge >= 0.3 is 0 Å². The molecule has 1 aromatic rings. The molecule has 1 heterocycles. The van der Waals surface area contributed by atoms with E-state index in [1.165, 1.54) is 6.20 Å². The van der Waals surface area contributed by atoms with Crippen molar-refractivity contribution >= 4 is 17.6 Å². The summed E-state index contributed by atoms with van der Waals surface area (Å²) < 4.78 is 10.4. The van der Waals surface area contributed by atoms with Crippen LogP contribution in [-0.2, 0) is 4.74 Å². The van der Waals surface area contributed by atoms with Crippen LogP contribution >= 0.6 is 11.6 Å². The van der Waals surface area contributed by atoms with Crippen LogP contribution in [0.15, 0.2) is 23.3 Å². The zero-order chi connectivity index (χ0) is 14.1. The van der Waals surface area contributed by atoms with Crippen molar-refractivity contribution in [3.05, 3.63) is 23.4 Å². The topological polar surface area (TPSA) is 81.8 Å². The van der Waals surface area contributed by atoms with Crippen molar-refractivity contribution in [3.63, 3.8) is 0 Å². The molecule has 0 saturated carbocycles. The van der Waals surface area contributed by atoms with Gasteiger partial charge in [0.2, 0.25) is 5.88 Å². The molecule has 0 aliphatic carbocycles. The van der Waals surface area contributed by atoms with Gasteiger partial charge in [-0.3, -0.25) is 0 Å². The lowest BCUT2D eigenvalue weighted by Gasteiger charge is -2.13. The van der Waals surface area contributed by atoms with Crippen molar-refractivity contribution in [1.29, 1.82) is 0 Å². The van der Waals surface area contributed by atoms with Crippen LogP contribution in [0.4, 0.5) is 0 Å². The van der Waals surface area contributed by atoms with Gasteiger partial charge in [-0.25, -0.2) is 9.98 Å². The number of nitrogens with two attached hydrogens (primary N) is 1. The van der Waals surface area contributed by atoms with E-state index < -0.39 is 0 Å². The van der Waals surface area contributed by atoms with Gasteiger partial charge in [-0.1, -0.05) is 11.6 Å². The van der Waals surface area contributed by atoms with E-state index in [0.29, 0.717) is 36.6 Å². The quantitative estimate of drug-likeness (QED) is 0.445. The smallest absolute Gasteiger partial charge is 0.213 e. The van der Waals surface area contributed by atoms with E-state index in [1.54, 1.807) is 19.2 Å². The monoisotopic (exact) mass is 286 g/mol. The highest BCUT2D eigenvalue weighted by Gasteiger charge is 2.01. The van der Waals surface area contributed by atoms with Crippen LogP contribution in [0.25, 0.3) is 0 Å². The molecule has 0 aromatic carbocycles. The van der Waals surface area contributed by atoms with E-state index in [0.717, 1.165) is 0 Å². The van der Waals surface area contributed by atoms with Crippen molar-refractivity contribution in [1.82, 2.24) is 10.3 Å². The average molecular weight is 287 g/mol. The van der Waals surface area contributed by atoms with Crippen molar-refractivity contribution in [2.45, 2.75) is 13.0 Å².